The molecule has 1 fully saturated rings. The second kappa shape index (κ2) is 6.40. The topological polar surface area (TPSA) is 64.6 Å². The predicted octanol–water partition coefficient (Wildman–Crippen LogP) is 3.94. The number of pyridine rings is 1. The highest BCUT2D eigenvalue weighted by Crippen LogP contribution is 2.34. The molecular formula is C20H12FN5O. The number of fused-ring (bicyclic) bond motifs is 1. The Hall–Kier alpha value is -3.97. The van der Waals surface area contributed by atoms with Gasteiger partial charge in [-0.1, -0.05) is 24.3 Å². The summed E-state index contributed by atoms with van der Waals surface area (Å²) in [6.07, 6.45) is 2.49. The number of benzene rings is 2. The number of carbonyl (C=O) groups is 1. The average Bonchev–Trinajstić information content (AvgIpc) is 3.03. The van der Waals surface area contributed by atoms with Crippen molar-refractivity contribution in [2.45, 2.75) is 6.17 Å². The summed E-state index contributed by atoms with van der Waals surface area (Å²) in [7, 11) is 0. The molecule has 0 aliphatic carbocycles. The molecule has 130 valence electrons. The summed E-state index contributed by atoms with van der Waals surface area (Å²) in [5, 5.41) is 10.5. The van der Waals surface area contributed by atoms with Crippen molar-refractivity contribution < 1.29 is 9.18 Å². The number of nitriles is 1. The van der Waals surface area contributed by atoms with Crippen molar-refractivity contribution >= 4 is 28.2 Å². The molecular weight excluding hydrogens is 345 g/mol. The number of carbonyl (C=O) groups excluding carboxylic acids is 1. The molecule has 6 nitrogen and oxygen atoms in total. The van der Waals surface area contributed by atoms with Gasteiger partial charge in [-0.05, 0) is 18.2 Å². The van der Waals surface area contributed by atoms with Gasteiger partial charge in [0.05, 0.1) is 17.4 Å². The average molecular weight is 357 g/mol. The highest BCUT2D eigenvalue weighted by molar-refractivity contribution is 6.11. The summed E-state index contributed by atoms with van der Waals surface area (Å²) in [6.45, 7) is 7.60. The molecule has 4 rings (SSSR count). The highest BCUT2D eigenvalue weighted by Gasteiger charge is 2.44. The van der Waals surface area contributed by atoms with Crippen molar-refractivity contribution in [2.24, 2.45) is 0 Å². The van der Waals surface area contributed by atoms with Crippen molar-refractivity contribution in [3.8, 4) is 6.07 Å². The molecule has 0 saturated carbocycles. The largest absolute Gasteiger partial charge is 0.335 e. The Kier molecular flexibility index (Phi) is 3.91. The number of hydrogen-bond acceptors (Lipinski definition) is 3. The molecule has 1 aromatic heterocycles. The van der Waals surface area contributed by atoms with Crippen LogP contribution in [0.5, 0.6) is 0 Å². The third-order valence-electron chi connectivity index (χ3n) is 4.52. The number of halogens is 1. The summed E-state index contributed by atoms with van der Waals surface area (Å²) in [4.78, 5) is 23.6. The van der Waals surface area contributed by atoms with E-state index in [9.17, 15) is 9.18 Å². The maximum atomic E-state index is 14.0. The number of aromatic nitrogens is 1. The van der Waals surface area contributed by atoms with E-state index in [-0.39, 0.29) is 12.1 Å². The van der Waals surface area contributed by atoms with Crippen LogP contribution in [0.3, 0.4) is 0 Å². The SMILES string of the molecule is [C-]#[N+][C@H]1CN(c2ccc(C#N)c(F)c2)C(=O)N1c1cncc2ccccc12. The quantitative estimate of drug-likeness (QED) is 0.653. The number of amides is 2. The van der Waals surface area contributed by atoms with Crippen molar-refractivity contribution in [3.63, 3.8) is 0 Å². The van der Waals surface area contributed by atoms with E-state index in [4.69, 9.17) is 11.8 Å². The van der Waals surface area contributed by atoms with Gasteiger partial charge in [-0.25, -0.2) is 20.7 Å². The standard InChI is InChI=1S/C20H12FN5O/c1-23-19-12-25(15-7-6-13(9-22)17(21)8-15)20(27)26(19)18-11-24-10-14-4-2-3-5-16(14)18/h2-8,10-11,19H,12H2/t19-/m1/s1. The second-order valence-electron chi connectivity index (χ2n) is 6.03. The van der Waals surface area contributed by atoms with Crippen molar-refractivity contribution in [2.75, 3.05) is 16.3 Å². The van der Waals surface area contributed by atoms with Gasteiger partial charge in [0.1, 0.15) is 18.4 Å². The summed E-state index contributed by atoms with van der Waals surface area (Å²) in [5.74, 6) is -0.701. The normalized spacial score (nSPS) is 16.4. The number of rotatable bonds is 2. The van der Waals surface area contributed by atoms with Crippen LogP contribution in [0.15, 0.2) is 54.9 Å². The van der Waals surface area contributed by atoms with E-state index in [0.29, 0.717) is 11.4 Å². The summed E-state index contributed by atoms with van der Waals surface area (Å²) >= 11 is 0. The minimum atomic E-state index is -0.760. The maximum absolute atomic E-state index is 14.0. The second-order valence-corrected chi connectivity index (χ2v) is 6.03. The molecule has 7 heteroatoms. The first kappa shape index (κ1) is 16.5. The molecule has 2 amide bonds. The minimum absolute atomic E-state index is 0.0941. The zero-order valence-electron chi connectivity index (χ0n) is 14.0. The van der Waals surface area contributed by atoms with Crippen molar-refractivity contribution in [1.82, 2.24) is 4.98 Å². The Labute approximate surface area is 154 Å². The van der Waals surface area contributed by atoms with Gasteiger partial charge < -0.3 is 0 Å². The molecule has 1 aliphatic heterocycles. The van der Waals surface area contributed by atoms with E-state index in [1.165, 1.54) is 21.9 Å². The monoisotopic (exact) mass is 357 g/mol. The molecule has 1 aliphatic rings. The molecule has 0 N–H and O–H groups in total. The van der Waals surface area contributed by atoms with Crippen LogP contribution >= 0.6 is 0 Å². The molecule has 1 saturated heterocycles. The Morgan fingerprint density at radius 3 is 2.81 bits per heavy atom. The first-order valence-electron chi connectivity index (χ1n) is 8.13. The Morgan fingerprint density at radius 2 is 2.07 bits per heavy atom. The number of anilines is 2. The highest BCUT2D eigenvalue weighted by atomic mass is 19.1. The number of nitrogens with zero attached hydrogens (tertiary/aromatic N) is 5. The third kappa shape index (κ3) is 2.62. The van der Waals surface area contributed by atoms with E-state index in [2.05, 4.69) is 9.83 Å². The summed E-state index contributed by atoms with van der Waals surface area (Å²) < 4.78 is 14.0. The third-order valence-corrected chi connectivity index (χ3v) is 4.52. The van der Waals surface area contributed by atoms with E-state index >= 15 is 0 Å². The van der Waals surface area contributed by atoms with E-state index < -0.39 is 18.0 Å². The van der Waals surface area contributed by atoms with Crippen molar-refractivity contribution in [1.29, 1.82) is 5.26 Å². The van der Waals surface area contributed by atoms with E-state index in [1.807, 2.05) is 24.3 Å². The Bertz CT molecular complexity index is 1140. The van der Waals surface area contributed by atoms with Crippen LogP contribution in [0.1, 0.15) is 5.56 Å². The molecule has 1 atom stereocenters. The number of hydrogen-bond donors (Lipinski definition) is 0. The van der Waals surface area contributed by atoms with Crippen LogP contribution < -0.4 is 9.80 Å². The lowest BCUT2D eigenvalue weighted by molar-refractivity contribution is 0.255. The molecule has 0 radical (unpaired) electrons. The molecule has 2 aromatic carbocycles. The molecule has 0 bridgehead atoms. The molecule has 0 unspecified atom stereocenters. The van der Waals surface area contributed by atoms with Gasteiger partial charge in [-0.3, -0.25) is 14.7 Å². The van der Waals surface area contributed by atoms with Crippen LogP contribution in [-0.2, 0) is 0 Å². The molecule has 2 heterocycles. The van der Waals surface area contributed by atoms with E-state index in [1.54, 1.807) is 18.5 Å². The van der Waals surface area contributed by atoms with Crippen LogP contribution in [0.4, 0.5) is 20.6 Å². The van der Waals surface area contributed by atoms with Gasteiger partial charge in [0.25, 0.3) is 0 Å². The molecule has 27 heavy (non-hydrogen) atoms. The van der Waals surface area contributed by atoms with Gasteiger partial charge in [-0.2, -0.15) is 5.26 Å². The van der Waals surface area contributed by atoms with Crippen LogP contribution in [0.25, 0.3) is 15.6 Å². The van der Waals surface area contributed by atoms with Crippen molar-refractivity contribution in [3.05, 3.63) is 77.7 Å². The van der Waals surface area contributed by atoms with Gasteiger partial charge in [-0.15, -0.1) is 0 Å². The zero-order chi connectivity index (χ0) is 19.0. The summed E-state index contributed by atoms with van der Waals surface area (Å²) in [6, 6.07) is 12.8. The van der Waals surface area contributed by atoms with Crippen LogP contribution in [-0.4, -0.2) is 23.7 Å². The zero-order valence-corrected chi connectivity index (χ0v) is 14.0. The van der Waals surface area contributed by atoms with Gasteiger partial charge in [0, 0.05) is 22.7 Å². The lowest BCUT2D eigenvalue weighted by Crippen LogP contribution is -2.34. The minimum Gasteiger partial charge on any atom is -0.287 e. The molecule has 3 aromatic rings. The Morgan fingerprint density at radius 1 is 1.26 bits per heavy atom. The summed E-state index contributed by atoms with van der Waals surface area (Å²) in [5.41, 5.74) is 0.749. The first-order valence-corrected chi connectivity index (χ1v) is 8.13. The smallest absolute Gasteiger partial charge is 0.287 e. The maximum Gasteiger partial charge on any atom is 0.335 e. The van der Waals surface area contributed by atoms with Crippen LogP contribution in [0.2, 0.25) is 0 Å². The predicted molar refractivity (Wildman–Crippen MR) is 98.5 cm³/mol. The lowest BCUT2D eigenvalue weighted by Gasteiger charge is -2.19. The number of urea groups is 1. The van der Waals surface area contributed by atoms with Gasteiger partial charge >= 0.3 is 12.2 Å². The van der Waals surface area contributed by atoms with E-state index in [0.717, 1.165) is 16.8 Å². The lowest BCUT2D eigenvalue weighted by atomic mass is 10.1. The van der Waals surface area contributed by atoms with Gasteiger partial charge in [0.15, 0.2) is 0 Å². The molecule has 0 spiro atoms. The fourth-order valence-corrected chi connectivity index (χ4v) is 3.21. The fourth-order valence-electron chi connectivity index (χ4n) is 3.21. The first-order chi connectivity index (χ1) is 13.1. The van der Waals surface area contributed by atoms with Crippen LogP contribution in [0, 0.1) is 23.7 Å². The fraction of sp³-hybridized carbons (Fsp3) is 0.100. The van der Waals surface area contributed by atoms with Gasteiger partial charge in [0.2, 0.25) is 0 Å². The Balaban J connectivity index is 1.79.